The van der Waals surface area contributed by atoms with Gasteiger partial charge < -0.3 is 9.30 Å². The molecule has 0 aromatic carbocycles. The van der Waals surface area contributed by atoms with Crippen molar-refractivity contribution in [2.45, 2.75) is 57.7 Å². The molecule has 0 amide bonds. The smallest absolute Gasteiger partial charge is 0.323 e. The highest BCUT2D eigenvalue weighted by atomic mass is 16.5. The van der Waals surface area contributed by atoms with Crippen LogP contribution in [0.2, 0.25) is 0 Å². The molecule has 1 aromatic heterocycles. The van der Waals surface area contributed by atoms with E-state index < -0.39 is 0 Å². The number of hydrogen-bond donors (Lipinski definition) is 0. The molecular weight excluding hydrogens is 254 g/mol. The molecular formula is C15H23N3O2. The fourth-order valence-corrected chi connectivity index (χ4v) is 3.03. The maximum absolute atomic E-state index is 12.1. The Bertz CT molecular complexity index is 467. The third kappa shape index (κ3) is 2.87. The van der Waals surface area contributed by atoms with Crippen molar-refractivity contribution >= 4 is 5.97 Å². The summed E-state index contributed by atoms with van der Waals surface area (Å²) in [6.07, 6.45) is 9.56. The highest BCUT2D eigenvalue weighted by Gasteiger charge is 2.32. The zero-order valence-electron chi connectivity index (χ0n) is 12.1. The number of hydrogen-bond acceptors (Lipinski definition) is 4. The topological polar surface area (TPSA) is 47.4 Å². The van der Waals surface area contributed by atoms with Gasteiger partial charge in [-0.3, -0.25) is 9.69 Å². The largest absolute Gasteiger partial charge is 0.465 e. The Labute approximate surface area is 119 Å². The number of esters is 1. The van der Waals surface area contributed by atoms with Crippen LogP contribution >= 0.6 is 0 Å². The first kappa shape index (κ1) is 13.6. The van der Waals surface area contributed by atoms with Crippen LogP contribution in [0.15, 0.2) is 12.5 Å². The molecule has 1 aliphatic carbocycles. The third-order valence-corrected chi connectivity index (χ3v) is 4.22. The van der Waals surface area contributed by atoms with Gasteiger partial charge >= 0.3 is 5.97 Å². The molecule has 2 heterocycles. The van der Waals surface area contributed by atoms with Crippen LogP contribution in [0.25, 0.3) is 0 Å². The zero-order valence-corrected chi connectivity index (χ0v) is 12.1. The van der Waals surface area contributed by atoms with Crippen LogP contribution in [0.3, 0.4) is 0 Å². The molecule has 5 nitrogen and oxygen atoms in total. The first-order valence-corrected chi connectivity index (χ1v) is 7.71. The van der Waals surface area contributed by atoms with Crippen LogP contribution in [0.5, 0.6) is 0 Å². The molecule has 1 aliphatic heterocycles. The Morgan fingerprint density at radius 3 is 3.00 bits per heavy atom. The van der Waals surface area contributed by atoms with Crippen LogP contribution < -0.4 is 0 Å². The summed E-state index contributed by atoms with van der Waals surface area (Å²) in [6, 6.07) is 0.560. The van der Waals surface area contributed by atoms with Crippen molar-refractivity contribution in [3.8, 4) is 0 Å². The molecule has 1 saturated carbocycles. The van der Waals surface area contributed by atoms with E-state index in [1.807, 2.05) is 19.4 Å². The molecule has 3 rings (SSSR count). The standard InChI is InChI=1S/C15H23N3O2/c1-2-20-15(19)14-5-3-4-8-17(14)10-13-9-16-11-18(13)12-6-7-12/h9,11-12,14H,2-8,10H2,1H3. The minimum atomic E-state index is -0.0775. The summed E-state index contributed by atoms with van der Waals surface area (Å²) in [5.74, 6) is -0.0651. The number of ether oxygens (including phenoxy) is 1. The van der Waals surface area contributed by atoms with Gasteiger partial charge in [0.25, 0.3) is 0 Å². The van der Waals surface area contributed by atoms with Gasteiger partial charge in [0.15, 0.2) is 0 Å². The predicted octanol–water partition coefficient (Wildman–Crippen LogP) is 2.14. The first-order valence-electron chi connectivity index (χ1n) is 7.71. The lowest BCUT2D eigenvalue weighted by molar-refractivity contribution is -0.151. The molecule has 1 atom stereocenters. The zero-order chi connectivity index (χ0) is 13.9. The Kier molecular flexibility index (Phi) is 4.05. The molecule has 0 N–H and O–H groups in total. The Balaban J connectivity index is 1.69. The number of rotatable bonds is 5. The van der Waals surface area contributed by atoms with E-state index in [2.05, 4.69) is 14.5 Å². The minimum Gasteiger partial charge on any atom is -0.465 e. The lowest BCUT2D eigenvalue weighted by Crippen LogP contribution is -2.45. The van der Waals surface area contributed by atoms with Gasteiger partial charge in [-0.2, -0.15) is 0 Å². The van der Waals surface area contributed by atoms with E-state index in [0.29, 0.717) is 12.6 Å². The average molecular weight is 277 g/mol. The van der Waals surface area contributed by atoms with Crippen molar-refractivity contribution < 1.29 is 9.53 Å². The summed E-state index contributed by atoms with van der Waals surface area (Å²) in [4.78, 5) is 18.6. The molecule has 2 aliphatic rings. The highest BCUT2D eigenvalue weighted by Crippen LogP contribution is 2.36. The van der Waals surface area contributed by atoms with E-state index in [-0.39, 0.29) is 12.0 Å². The number of nitrogens with zero attached hydrogens (tertiary/aromatic N) is 3. The van der Waals surface area contributed by atoms with Crippen molar-refractivity contribution in [1.29, 1.82) is 0 Å². The van der Waals surface area contributed by atoms with Crippen molar-refractivity contribution in [1.82, 2.24) is 14.5 Å². The second-order valence-corrected chi connectivity index (χ2v) is 5.76. The predicted molar refractivity (Wildman–Crippen MR) is 75.2 cm³/mol. The van der Waals surface area contributed by atoms with Crippen molar-refractivity contribution in [2.75, 3.05) is 13.2 Å². The van der Waals surface area contributed by atoms with Crippen molar-refractivity contribution in [3.63, 3.8) is 0 Å². The van der Waals surface area contributed by atoms with Crippen LogP contribution in [0.4, 0.5) is 0 Å². The molecule has 0 radical (unpaired) electrons. The number of carbonyl (C=O) groups is 1. The van der Waals surface area contributed by atoms with E-state index in [0.717, 1.165) is 32.4 Å². The van der Waals surface area contributed by atoms with Crippen molar-refractivity contribution in [3.05, 3.63) is 18.2 Å². The maximum Gasteiger partial charge on any atom is 0.323 e. The van der Waals surface area contributed by atoms with Gasteiger partial charge in [0.2, 0.25) is 0 Å². The number of aromatic nitrogens is 2. The van der Waals surface area contributed by atoms with E-state index in [1.165, 1.54) is 18.5 Å². The molecule has 20 heavy (non-hydrogen) atoms. The van der Waals surface area contributed by atoms with Crippen LogP contribution in [0.1, 0.15) is 50.8 Å². The minimum absolute atomic E-state index is 0.0651. The van der Waals surface area contributed by atoms with Crippen LogP contribution in [-0.2, 0) is 16.1 Å². The summed E-state index contributed by atoms with van der Waals surface area (Å²) in [6.45, 7) is 4.11. The summed E-state index contributed by atoms with van der Waals surface area (Å²) < 4.78 is 7.49. The molecule has 2 fully saturated rings. The van der Waals surface area contributed by atoms with Crippen LogP contribution in [0, 0.1) is 0 Å². The second-order valence-electron chi connectivity index (χ2n) is 5.76. The van der Waals surface area contributed by atoms with Gasteiger partial charge in [-0.15, -0.1) is 0 Å². The number of imidazole rings is 1. The summed E-state index contributed by atoms with van der Waals surface area (Å²) in [5, 5.41) is 0. The normalized spacial score (nSPS) is 23.8. The van der Waals surface area contributed by atoms with Crippen LogP contribution in [-0.4, -0.2) is 39.6 Å². The maximum atomic E-state index is 12.1. The average Bonchev–Trinajstić information content (AvgIpc) is 3.20. The Morgan fingerprint density at radius 1 is 1.40 bits per heavy atom. The summed E-state index contributed by atoms with van der Waals surface area (Å²) >= 11 is 0. The second kappa shape index (κ2) is 5.95. The summed E-state index contributed by atoms with van der Waals surface area (Å²) in [5.41, 5.74) is 1.23. The number of piperidine rings is 1. The first-order chi connectivity index (χ1) is 9.79. The van der Waals surface area contributed by atoms with E-state index >= 15 is 0 Å². The Morgan fingerprint density at radius 2 is 2.25 bits per heavy atom. The molecule has 5 heteroatoms. The fraction of sp³-hybridized carbons (Fsp3) is 0.733. The lowest BCUT2D eigenvalue weighted by atomic mass is 10.0. The molecule has 110 valence electrons. The third-order valence-electron chi connectivity index (χ3n) is 4.22. The number of likely N-dealkylation sites (tertiary alicyclic amines) is 1. The summed E-state index contributed by atoms with van der Waals surface area (Å²) in [7, 11) is 0. The molecule has 0 bridgehead atoms. The van der Waals surface area contributed by atoms with E-state index in [1.54, 1.807) is 0 Å². The van der Waals surface area contributed by atoms with E-state index in [4.69, 9.17) is 4.74 Å². The fourth-order valence-electron chi connectivity index (χ4n) is 3.03. The quantitative estimate of drug-likeness (QED) is 0.774. The molecule has 0 spiro atoms. The lowest BCUT2D eigenvalue weighted by Gasteiger charge is -2.33. The Hall–Kier alpha value is -1.36. The van der Waals surface area contributed by atoms with Gasteiger partial charge in [-0.05, 0) is 39.2 Å². The molecule has 1 aromatic rings. The highest BCUT2D eigenvalue weighted by molar-refractivity contribution is 5.75. The number of carbonyl (C=O) groups excluding carboxylic acids is 1. The van der Waals surface area contributed by atoms with Gasteiger partial charge in [0.1, 0.15) is 6.04 Å². The van der Waals surface area contributed by atoms with E-state index in [9.17, 15) is 4.79 Å². The SMILES string of the molecule is CCOC(=O)C1CCCCN1Cc1cncn1C1CC1. The molecule has 1 saturated heterocycles. The molecule has 1 unspecified atom stereocenters. The van der Waals surface area contributed by atoms with Gasteiger partial charge in [0.05, 0.1) is 18.6 Å². The van der Waals surface area contributed by atoms with Crippen molar-refractivity contribution in [2.24, 2.45) is 0 Å². The van der Waals surface area contributed by atoms with Gasteiger partial charge in [0, 0.05) is 18.8 Å². The monoisotopic (exact) mass is 277 g/mol. The van der Waals surface area contributed by atoms with Gasteiger partial charge in [-0.25, -0.2) is 4.98 Å². The van der Waals surface area contributed by atoms with Gasteiger partial charge in [-0.1, -0.05) is 6.42 Å².